The molecule has 0 aromatic heterocycles. The van der Waals surface area contributed by atoms with Crippen molar-refractivity contribution in [2.75, 3.05) is 6.54 Å². The van der Waals surface area contributed by atoms with Crippen molar-refractivity contribution >= 4 is 5.78 Å². The number of fused-ring (bicyclic) bond motifs is 1. The molecule has 1 aliphatic heterocycles. The van der Waals surface area contributed by atoms with E-state index in [4.69, 9.17) is 0 Å². The minimum absolute atomic E-state index is 0.103. The van der Waals surface area contributed by atoms with E-state index in [1.165, 1.54) is 12.8 Å². The molecule has 1 aromatic rings. The van der Waals surface area contributed by atoms with Crippen LogP contribution in [0.25, 0.3) is 0 Å². The number of hydrogen-bond acceptors (Lipinski definition) is 5. The molecule has 1 unspecified atom stereocenters. The van der Waals surface area contributed by atoms with Gasteiger partial charge < -0.3 is 20.6 Å². The second-order valence-corrected chi connectivity index (χ2v) is 8.53. The third-order valence-corrected chi connectivity index (χ3v) is 7.26. The van der Waals surface area contributed by atoms with Crippen LogP contribution in [0.5, 0.6) is 17.2 Å². The molecular weight excluding hydrogens is 318 g/mol. The number of benzene rings is 1. The van der Waals surface area contributed by atoms with Gasteiger partial charge in [-0.2, -0.15) is 0 Å². The van der Waals surface area contributed by atoms with E-state index >= 15 is 0 Å². The second kappa shape index (κ2) is 5.13. The van der Waals surface area contributed by atoms with E-state index in [2.05, 4.69) is 5.32 Å². The molecule has 0 spiro atoms. The highest BCUT2D eigenvalue weighted by molar-refractivity contribution is 5.95. The number of aromatic hydroxyl groups is 3. The minimum Gasteiger partial charge on any atom is -0.504 e. The van der Waals surface area contributed by atoms with Crippen LogP contribution in [-0.4, -0.2) is 33.7 Å². The smallest absolute Gasteiger partial charge is 0.200 e. The van der Waals surface area contributed by atoms with Gasteiger partial charge in [0.2, 0.25) is 5.75 Å². The van der Waals surface area contributed by atoms with Crippen LogP contribution in [0.2, 0.25) is 0 Å². The molecule has 0 radical (unpaired) electrons. The predicted octanol–water partition coefficient (Wildman–Crippen LogP) is 2.35. The number of Topliss-reactive ketones (excluding diaryl/α,β-unsaturated/α-hetero) is 1. The number of phenolic OH excluding ortho intramolecular Hbond substituents is 3. The fourth-order valence-corrected chi connectivity index (χ4v) is 5.93. The van der Waals surface area contributed by atoms with E-state index < -0.39 is 11.2 Å². The first kappa shape index (κ1) is 15.5. The number of rotatable bonds is 2. The molecule has 3 fully saturated rings. The van der Waals surface area contributed by atoms with Crippen molar-refractivity contribution in [1.82, 2.24) is 5.32 Å². The van der Waals surface area contributed by atoms with Crippen molar-refractivity contribution in [2.24, 2.45) is 17.8 Å². The van der Waals surface area contributed by atoms with E-state index in [0.29, 0.717) is 30.1 Å². The number of carbonyl (C=O) groups excluding carboxylic acids is 1. The summed E-state index contributed by atoms with van der Waals surface area (Å²) in [5, 5.41) is 34.0. The summed E-state index contributed by atoms with van der Waals surface area (Å²) in [6.45, 7) is 0.783. The highest BCUT2D eigenvalue weighted by Crippen LogP contribution is 2.58. The summed E-state index contributed by atoms with van der Waals surface area (Å²) in [5.74, 6) is 0.310. The van der Waals surface area contributed by atoms with Gasteiger partial charge in [0.1, 0.15) is 5.78 Å². The molecule has 2 saturated carbocycles. The second-order valence-electron chi connectivity index (χ2n) is 8.53. The molecule has 0 amide bonds. The maximum absolute atomic E-state index is 13.7. The molecule has 1 heterocycles. The van der Waals surface area contributed by atoms with Gasteiger partial charge in [0.05, 0.1) is 5.41 Å². The van der Waals surface area contributed by atoms with Crippen LogP contribution in [-0.2, 0) is 16.6 Å². The Labute approximate surface area is 147 Å². The third kappa shape index (κ3) is 2.02. The van der Waals surface area contributed by atoms with Gasteiger partial charge in [0.25, 0.3) is 0 Å². The Hall–Kier alpha value is -1.75. The van der Waals surface area contributed by atoms with Gasteiger partial charge in [-0.1, -0.05) is 12.8 Å². The van der Waals surface area contributed by atoms with Gasteiger partial charge in [-0.05, 0) is 62.1 Å². The zero-order chi connectivity index (χ0) is 17.3. The Morgan fingerprint density at radius 1 is 1.12 bits per heavy atom. The molecule has 5 nitrogen and oxygen atoms in total. The summed E-state index contributed by atoms with van der Waals surface area (Å²) in [6.07, 6.45) is 6.78. The van der Waals surface area contributed by atoms with E-state index in [1.54, 1.807) is 6.07 Å². The average molecular weight is 343 g/mol. The van der Waals surface area contributed by atoms with E-state index in [-0.39, 0.29) is 29.4 Å². The molecule has 3 aliphatic carbocycles. The fraction of sp³-hybridized carbons (Fsp3) is 0.650. The van der Waals surface area contributed by atoms with Gasteiger partial charge in [-0.25, -0.2) is 0 Å². The first-order chi connectivity index (χ1) is 12.0. The third-order valence-electron chi connectivity index (χ3n) is 7.26. The Morgan fingerprint density at radius 2 is 1.92 bits per heavy atom. The molecule has 25 heavy (non-hydrogen) atoms. The van der Waals surface area contributed by atoms with Crippen molar-refractivity contribution in [3.05, 3.63) is 17.2 Å². The van der Waals surface area contributed by atoms with Crippen LogP contribution in [0, 0.1) is 17.8 Å². The molecular formula is C20H25NO4. The van der Waals surface area contributed by atoms with Gasteiger partial charge in [-0.3, -0.25) is 4.79 Å². The normalized spacial score (nSPS) is 36.6. The van der Waals surface area contributed by atoms with E-state index in [9.17, 15) is 20.1 Å². The number of carbonyl (C=O) groups is 1. The topological polar surface area (TPSA) is 89.8 Å². The molecule has 1 aromatic carbocycles. The Morgan fingerprint density at radius 3 is 2.68 bits per heavy atom. The van der Waals surface area contributed by atoms with Crippen molar-refractivity contribution in [3.8, 4) is 17.2 Å². The number of phenols is 3. The first-order valence-electron chi connectivity index (χ1n) is 9.57. The number of piperidine rings is 1. The van der Waals surface area contributed by atoms with Crippen LogP contribution >= 0.6 is 0 Å². The summed E-state index contributed by atoms with van der Waals surface area (Å²) < 4.78 is 0. The van der Waals surface area contributed by atoms with E-state index in [1.807, 2.05) is 0 Å². The average Bonchev–Trinajstić information content (AvgIpc) is 3.41. The van der Waals surface area contributed by atoms with Gasteiger partial charge in [-0.15, -0.1) is 0 Å². The van der Waals surface area contributed by atoms with Gasteiger partial charge >= 0.3 is 0 Å². The summed E-state index contributed by atoms with van der Waals surface area (Å²) >= 11 is 0. The van der Waals surface area contributed by atoms with Crippen molar-refractivity contribution in [3.63, 3.8) is 0 Å². The zero-order valence-corrected chi connectivity index (χ0v) is 14.3. The van der Waals surface area contributed by atoms with Gasteiger partial charge in [0, 0.05) is 17.5 Å². The quantitative estimate of drug-likeness (QED) is 0.619. The van der Waals surface area contributed by atoms with Crippen LogP contribution in [0.4, 0.5) is 0 Å². The largest absolute Gasteiger partial charge is 0.504 e. The van der Waals surface area contributed by atoms with E-state index in [0.717, 1.165) is 31.4 Å². The predicted molar refractivity (Wildman–Crippen MR) is 91.8 cm³/mol. The van der Waals surface area contributed by atoms with Crippen molar-refractivity contribution in [2.45, 2.75) is 56.4 Å². The SMILES string of the molecule is O=C1C(CC2CC2)CC[C@H]2[C@H]3Cc4c(cc(O)c(O)c4O)[C@@]12CCN3. The molecule has 134 valence electrons. The molecule has 2 bridgehead atoms. The van der Waals surface area contributed by atoms with Crippen LogP contribution in [0.3, 0.4) is 0 Å². The number of ketones is 1. The lowest BCUT2D eigenvalue weighted by Gasteiger charge is -2.56. The van der Waals surface area contributed by atoms with Gasteiger partial charge in [0.15, 0.2) is 11.5 Å². The number of hydrogen-bond donors (Lipinski definition) is 4. The lowest BCUT2D eigenvalue weighted by Crippen LogP contribution is -2.64. The molecule has 4 N–H and O–H groups in total. The Balaban J connectivity index is 1.67. The van der Waals surface area contributed by atoms with Crippen molar-refractivity contribution in [1.29, 1.82) is 0 Å². The molecule has 5 heteroatoms. The lowest BCUT2D eigenvalue weighted by atomic mass is 9.50. The van der Waals surface area contributed by atoms with Crippen LogP contribution in [0.15, 0.2) is 6.07 Å². The monoisotopic (exact) mass is 343 g/mol. The molecule has 5 rings (SSSR count). The maximum Gasteiger partial charge on any atom is 0.200 e. The standard InChI is InChI=1S/C20H25NO4/c22-16-9-14-12(17(23)18(16)24)8-15-13-4-3-11(7-10-1-2-10)19(25)20(13,14)5-6-21-15/h9-11,13,15,21-24H,1-8H2/t11?,13-,15+,20-/m0/s1. The Kier molecular flexibility index (Phi) is 3.18. The summed E-state index contributed by atoms with van der Waals surface area (Å²) in [6, 6.07) is 1.71. The molecule has 1 saturated heterocycles. The highest BCUT2D eigenvalue weighted by Gasteiger charge is 2.59. The minimum atomic E-state index is -0.607. The highest BCUT2D eigenvalue weighted by atomic mass is 16.3. The first-order valence-corrected chi connectivity index (χ1v) is 9.57. The summed E-state index contributed by atoms with van der Waals surface area (Å²) in [7, 11) is 0. The lowest BCUT2D eigenvalue weighted by molar-refractivity contribution is -0.138. The van der Waals surface area contributed by atoms with Crippen LogP contribution in [0.1, 0.15) is 49.7 Å². The molecule has 4 aliphatic rings. The fourth-order valence-electron chi connectivity index (χ4n) is 5.93. The maximum atomic E-state index is 13.7. The Bertz CT molecular complexity index is 757. The van der Waals surface area contributed by atoms with Crippen molar-refractivity contribution < 1.29 is 20.1 Å². The summed E-state index contributed by atoms with van der Waals surface area (Å²) in [5.41, 5.74) is 0.807. The summed E-state index contributed by atoms with van der Waals surface area (Å²) in [4.78, 5) is 13.7. The van der Waals surface area contributed by atoms with Crippen LogP contribution < -0.4 is 5.32 Å². The zero-order valence-electron chi connectivity index (χ0n) is 14.3. The molecule has 4 atom stereocenters. The number of nitrogens with one attached hydrogen (secondary N) is 1.